The lowest BCUT2D eigenvalue weighted by molar-refractivity contribution is -0.311. The van der Waals surface area contributed by atoms with Gasteiger partial charge in [0, 0.05) is 0 Å². The first-order chi connectivity index (χ1) is 13.1. The van der Waals surface area contributed by atoms with Crippen LogP contribution in [0.2, 0.25) is 0 Å². The largest absolute Gasteiger partial charge is 0.508 e. The Morgan fingerprint density at radius 1 is 1.00 bits per heavy atom. The second-order valence-corrected chi connectivity index (χ2v) is 7.83. The zero-order valence-corrected chi connectivity index (χ0v) is 16.3. The lowest BCUT2D eigenvalue weighted by atomic mass is 9.83. The molecule has 1 saturated carbocycles. The van der Waals surface area contributed by atoms with Crippen molar-refractivity contribution in [1.29, 1.82) is 0 Å². The molecule has 1 fully saturated rings. The normalized spacial score (nSPS) is 20.0. The molecule has 0 aliphatic heterocycles. The molecule has 0 saturated heterocycles. The lowest BCUT2D eigenvalue weighted by Crippen LogP contribution is -2.18. The average Bonchev–Trinajstić information content (AvgIpc) is 2.67. The highest BCUT2D eigenvalue weighted by Crippen LogP contribution is 2.29. The maximum Gasteiger partial charge on any atom is 0.119 e. The van der Waals surface area contributed by atoms with E-state index in [9.17, 15) is 10.2 Å². The molecule has 2 aromatic rings. The van der Waals surface area contributed by atoms with Crippen molar-refractivity contribution in [3.8, 4) is 16.9 Å². The predicted molar refractivity (Wildman–Crippen MR) is 106 cm³/mol. The van der Waals surface area contributed by atoms with Gasteiger partial charge in [-0.3, -0.25) is 0 Å². The van der Waals surface area contributed by atoms with E-state index in [1.165, 1.54) is 25.7 Å². The number of rotatable bonds is 7. The van der Waals surface area contributed by atoms with Crippen LogP contribution in [0.5, 0.6) is 5.75 Å². The molecule has 0 heterocycles. The molecule has 0 aromatic heterocycles. The second kappa shape index (κ2) is 9.36. The molecule has 1 aliphatic carbocycles. The van der Waals surface area contributed by atoms with Crippen LogP contribution in [0, 0.1) is 18.8 Å². The molecule has 2 atom stereocenters. The Bertz CT molecular complexity index is 756. The molecule has 0 spiro atoms. The van der Waals surface area contributed by atoms with Crippen LogP contribution in [-0.2, 0) is 23.0 Å². The van der Waals surface area contributed by atoms with Gasteiger partial charge in [-0.15, -0.1) is 0 Å². The minimum absolute atomic E-state index is 0.0650. The fourth-order valence-corrected chi connectivity index (χ4v) is 3.84. The number of benzene rings is 2. The molecule has 2 N–H and O–H groups in total. The molecule has 2 unspecified atom stereocenters. The van der Waals surface area contributed by atoms with E-state index in [0.717, 1.165) is 33.7 Å². The van der Waals surface area contributed by atoms with Gasteiger partial charge in [-0.2, -0.15) is 0 Å². The first kappa shape index (κ1) is 19.9. The Labute approximate surface area is 161 Å². The Balaban J connectivity index is 1.58. The summed E-state index contributed by atoms with van der Waals surface area (Å²) in [5, 5.41) is 19.7. The molecule has 3 rings (SSSR count). The smallest absolute Gasteiger partial charge is 0.119 e. The van der Waals surface area contributed by atoms with Gasteiger partial charge in [-0.25, -0.2) is 9.78 Å². The summed E-state index contributed by atoms with van der Waals surface area (Å²) >= 11 is 0. The van der Waals surface area contributed by atoms with Crippen molar-refractivity contribution < 1.29 is 20.0 Å². The Morgan fingerprint density at radius 2 is 1.78 bits per heavy atom. The molecule has 4 nitrogen and oxygen atoms in total. The van der Waals surface area contributed by atoms with Crippen molar-refractivity contribution in [2.45, 2.75) is 52.7 Å². The monoisotopic (exact) mass is 370 g/mol. The third-order valence-electron chi connectivity index (χ3n) is 5.57. The number of aromatic hydroxyl groups is 1. The first-order valence-corrected chi connectivity index (χ1v) is 9.84. The maximum absolute atomic E-state index is 9.92. The Morgan fingerprint density at radius 3 is 2.52 bits per heavy atom. The Kier molecular flexibility index (Phi) is 6.89. The fourth-order valence-electron chi connectivity index (χ4n) is 3.84. The highest BCUT2D eigenvalue weighted by atomic mass is 17.2. The van der Waals surface area contributed by atoms with Gasteiger partial charge in [0.15, 0.2) is 0 Å². The molecule has 0 amide bonds. The van der Waals surface area contributed by atoms with E-state index in [4.69, 9.17) is 9.78 Å². The summed E-state index contributed by atoms with van der Waals surface area (Å²) in [5.41, 5.74) is 4.44. The summed E-state index contributed by atoms with van der Waals surface area (Å²) in [6.07, 6.45) is 5.03. The van der Waals surface area contributed by atoms with E-state index in [0.29, 0.717) is 19.1 Å². The third-order valence-corrected chi connectivity index (χ3v) is 5.57. The van der Waals surface area contributed by atoms with Crippen LogP contribution in [0.25, 0.3) is 11.1 Å². The second-order valence-electron chi connectivity index (χ2n) is 7.83. The van der Waals surface area contributed by atoms with Crippen molar-refractivity contribution in [2.24, 2.45) is 11.8 Å². The maximum atomic E-state index is 9.92. The SMILES string of the molecule is Cc1ccc(-c2ccc(COOCC3CCCC(C)C3)c(CO)c2)cc1O. The van der Waals surface area contributed by atoms with Crippen LogP contribution in [-0.4, -0.2) is 16.8 Å². The molecule has 0 radical (unpaired) electrons. The van der Waals surface area contributed by atoms with E-state index < -0.39 is 0 Å². The molecule has 2 aromatic carbocycles. The van der Waals surface area contributed by atoms with Gasteiger partial charge in [0.1, 0.15) is 12.4 Å². The van der Waals surface area contributed by atoms with Crippen LogP contribution < -0.4 is 0 Å². The number of aliphatic hydroxyl groups is 1. The molecule has 27 heavy (non-hydrogen) atoms. The van der Waals surface area contributed by atoms with Crippen LogP contribution >= 0.6 is 0 Å². The van der Waals surface area contributed by atoms with Crippen molar-refractivity contribution in [3.63, 3.8) is 0 Å². The number of phenols is 1. The van der Waals surface area contributed by atoms with E-state index in [1.54, 1.807) is 6.07 Å². The molecule has 1 aliphatic rings. The number of aliphatic hydroxyl groups excluding tert-OH is 1. The summed E-state index contributed by atoms with van der Waals surface area (Å²) < 4.78 is 0. The summed E-state index contributed by atoms with van der Waals surface area (Å²) in [6.45, 7) is 5.06. The predicted octanol–water partition coefficient (Wildman–Crippen LogP) is 5.13. The zero-order chi connectivity index (χ0) is 19.2. The molecule has 4 heteroatoms. The fraction of sp³-hybridized carbons (Fsp3) is 0.478. The first-order valence-electron chi connectivity index (χ1n) is 9.84. The molecule has 0 bridgehead atoms. The van der Waals surface area contributed by atoms with Gasteiger partial charge in [-0.1, -0.05) is 44.0 Å². The number of hydrogen-bond donors (Lipinski definition) is 2. The summed E-state index contributed by atoms with van der Waals surface area (Å²) in [5.74, 6) is 1.64. The Hall–Kier alpha value is -1.88. The van der Waals surface area contributed by atoms with Crippen LogP contribution in [0.15, 0.2) is 36.4 Å². The lowest BCUT2D eigenvalue weighted by Gasteiger charge is -2.25. The molecular formula is C23H30O4. The number of aryl methyl sites for hydroxylation is 1. The summed E-state index contributed by atoms with van der Waals surface area (Å²) in [4.78, 5) is 10.9. The van der Waals surface area contributed by atoms with Crippen molar-refractivity contribution in [3.05, 3.63) is 53.1 Å². The van der Waals surface area contributed by atoms with Crippen LogP contribution in [0.4, 0.5) is 0 Å². The molecule has 146 valence electrons. The van der Waals surface area contributed by atoms with Crippen LogP contribution in [0.1, 0.15) is 49.3 Å². The zero-order valence-electron chi connectivity index (χ0n) is 16.3. The standard InChI is InChI=1S/C23H30O4/c1-16-4-3-5-18(10-16)14-26-27-15-21-9-8-19(11-22(21)13-24)20-7-6-17(2)23(25)12-20/h6-9,11-12,16,18,24-25H,3-5,10,13-15H2,1-2H3. The van der Waals surface area contributed by atoms with Gasteiger partial charge in [0.2, 0.25) is 0 Å². The topological polar surface area (TPSA) is 58.9 Å². The van der Waals surface area contributed by atoms with Gasteiger partial charge < -0.3 is 10.2 Å². The minimum Gasteiger partial charge on any atom is -0.508 e. The van der Waals surface area contributed by atoms with E-state index in [2.05, 4.69) is 6.92 Å². The highest BCUT2D eigenvalue weighted by molar-refractivity contribution is 5.67. The summed E-state index contributed by atoms with van der Waals surface area (Å²) in [6, 6.07) is 11.5. The minimum atomic E-state index is -0.0650. The van der Waals surface area contributed by atoms with Crippen molar-refractivity contribution in [2.75, 3.05) is 6.61 Å². The number of hydrogen-bond acceptors (Lipinski definition) is 4. The third kappa shape index (κ3) is 5.32. The van der Waals surface area contributed by atoms with Crippen molar-refractivity contribution in [1.82, 2.24) is 0 Å². The van der Waals surface area contributed by atoms with Gasteiger partial charge in [0.05, 0.1) is 13.2 Å². The summed E-state index contributed by atoms with van der Waals surface area (Å²) in [7, 11) is 0. The number of phenolic OH excluding ortho intramolecular Hbond substituents is 1. The van der Waals surface area contributed by atoms with E-state index in [-0.39, 0.29) is 12.4 Å². The highest BCUT2D eigenvalue weighted by Gasteiger charge is 2.19. The van der Waals surface area contributed by atoms with E-state index >= 15 is 0 Å². The van der Waals surface area contributed by atoms with E-state index in [1.807, 2.05) is 37.3 Å². The van der Waals surface area contributed by atoms with Gasteiger partial charge >= 0.3 is 0 Å². The van der Waals surface area contributed by atoms with Crippen molar-refractivity contribution >= 4 is 0 Å². The van der Waals surface area contributed by atoms with Gasteiger partial charge in [-0.05, 0) is 71.6 Å². The van der Waals surface area contributed by atoms with Gasteiger partial charge in [0.25, 0.3) is 0 Å². The quantitative estimate of drug-likeness (QED) is 0.403. The average molecular weight is 370 g/mol. The molecular weight excluding hydrogens is 340 g/mol. The van der Waals surface area contributed by atoms with Crippen LogP contribution in [0.3, 0.4) is 0 Å².